The monoisotopic (exact) mass is 485 g/mol. The van der Waals surface area contributed by atoms with Crippen molar-refractivity contribution in [3.8, 4) is 0 Å². The maximum atomic E-state index is 11.7. The normalized spacial score (nSPS) is 13.9. The van der Waals surface area contributed by atoms with Gasteiger partial charge in [-0.05, 0) is 12.8 Å². The first-order valence-electron chi connectivity index (χ1n) is 8.70. The van der Waals surface area contributed by atoms with Crippen LogP contribution in [0.5, 0.6) is 0 Å². The van der Waals surface area contributed by atoms with E-state index >= 15 is 0 Å². The number of amides is 2. The van der Waals surface area contributed by atoms with Crippen molar-refractivity contribution in [2.45, 2.75) is 49.6 Å². The fourth-order valence-corrected chi connectivity index (χ4v) is 2.39. The first kappa shape index (κ1) is 30.8. The molecule has 0 saturated carbocycles. The number of nitrogens with one attached hydrogen (secondary N) is 2. The molecular weight excluding hydrogens is 458 g/mol. The highest BCUT2D eigenvalue weighted by Gasteiger charge is 2.22. The number of carboxylic acids is 3. The molecule has 9 N–H and O–H groups in total. The highest BCUT2D eigenvalue weighted by atomic mass is 32.2. The molecule has 0 bridgehead atoms. The van der Waals surface area contributed by atoms with Crippen molar-refractivity contribution in [1.29, 1.82) is 0 Å². The number of nitrogens with two attached hydrogens (primary N) is 2. The number of nitroso groups, excluding NO2 is 1. The summed E-state index contributed by atoms with van der Waals surface area (Å²) in [6.45, 7) is 1.17. The molecule has 0 saturated heterocycles. The molecule has 0 aliphatic heterocycles. The van der Waals surface area contributed by atoms with Crippen molar-refractivity contribution < 1.29 is 39.3 Å². The zero-order chi connectivity index (χ0) is 24.6. The lowest BCUT2D eigenvalue weighted by Gasteiger charge is -2.16. The van der Waals surface area contributed by atoms with Crippen LogP contribution in [0.1, 0.15) is 26.2 Å². The summed E-state index contributed by atoms with van der Waals surface area (Å²) in [5, 5.41) is 29.7. The molecule has 4 unspecified atom stereocenters. The molecule has 14 nitrogen and oxygen atoms in total. The molecule has 2 amide bonds. The molecule has 0 heterocycles. The Kier molecular flexibility index (Phi) is 17.1. The zero-order valence-corrected chi connectivity index (χ0v) is 18.3. The number of thiol groups is 1. The summed E-state index contributed by atoms with van der Waals surface area (Å²) in [4.78, 5) is 64.3. The van der Waals surface area contributed by atoms with Gasteiger partial charge in [0.1, 0.15) is 24.7 Å². The van der Waals surface area contributed by atoms with Crippen LogP contribution in [0.2, 0.25) is 0 Å². The van der Waals surface area contributed by atoms with Crippen LogP contribution in [0.15, 0.2) is 4.58 Å². The summed E-state index contributed by atoms with van der Waals surface area (Å²) < 4.78 is 2.48. The van der Waals surface area contributed by atoms with Crippen LogP contribution in [0.25, 0.3) is 0 Å². The Morgan fingerprint density at radius 2 is 1.61 bits per heavy atom. The molecule has 0 aromatic rings. The van der Waals surface area contributed by atoms with Crippen molar-refractivity contribution in [3.63, 3.8) is 0 Å². The lowest BCUT2D eigenvalue weighted by atomic mass is 10.1. The van der Waals surface area contributed by atoms with Crippen molar-refractivity contribution in [3.05, 3.63) is 4.91 Å². The maximum Gasteiger partial charge on any atom is 0.322 e. The molecule has 0 aromatic heterocycles. The van der Waals surface area contributed by atoms with Crippen LogP contribution in [-0.4, -0.2) is 80.7 Å². The Balaban J connectivity index is 0. The predicted octanol–water partition coefficient (Wildman–Crippen LogP) is -1.61. The van der Waals surface area contributed by atoms with Gasteiger partial charge in [0, 0.05) is 34.0 Å². The third-order valence-electron chi connectivity index (χ3n) is 3.27. The summed E-state index contributed by atoms with van der Waals surface area (Å²) in [7, 11) is 0. The van der Waals surface area contributed by atoms with Gasteiger partial charge in [-0.25, -0.2) is 0 Å². The van der Waals surface area contributed by atoms with E-state index in [9.17, 15) is 28.9 Å². The number of carboxylic acid groups (broad SMARTS) is 3. The second-order valence-corrected chi connectivity index (χ2v) is 7.74. The smallest absolute Gasteiger partial charge is 0.322 e. The van der Waals surface area contributed by atoms with E-state index in [1.54, 1.807) is 0 Å². The average Bonchev–Trinajstić information content (AvgIpc) is 2.67. The van der Waals surface area contributed by atoms with Gasteiger partial charge >= 0.3 is 17.9 Å². The van der Waals surface area contributed by atoms with Gasteiger partial charge in [0.25, 0.3) is 0 Å². The van der Waals surface area contributed by atoms with Crippen molar-refractivity contribution in [2.24, 2.45) is 16.0 Å². The van der Waals surface area contributed by atoms with E-state index < -0.39 is 54.4 Å². The fraction of sp³-hybridized carbons (Fsp3) is 0.667. The highest BCUT2D eigenvalue weighted by molar-refractivity contribution is 7.97. The Hall–Kier alpha value is -2.43. The highest BCUT2D eigenvalue weighted by Crippen LogP contribution is 2.05. The molecule has 16 heteroatoms. The van der Waals surface area contributed by atoms with E-state index in [4.69, 9.17) is 26.8 Å². The SMILES string of the molecule is CC(S)CC(N)C(=O)O.NC(CCC(=O)NC(CSN=O)C(=O)NCC(=O)O)C(=O)O. The van der Waals surface area contributed by atoms with Gasteiger partial charge in [-0.1, -0.05) is 6.92 Å². The van der Waals surface area contributed by atoms with Crippen LogP contribution in [0.4, 0.5) is 0 Å². The third kappa shape index (κ3) is 18.1. The average molecular weight is 486 g/mol. The Bertz CT molecular complexity index is 636. The molecule has 0 aromatic carbocycles. The maximum absolute atomic E-state index is 11.7. The Morgan fingerprint density at radius 1 is 1.06 bits per heavy atom. The fourth-order valence-electron chi connectivity index (χ4n) is 1.72. The summed E-state index contributed by atoms with van der Waals surface area (Å²) in [6.07, 6.45) is 0.0392. The van der Waals surface area contributed by atoms with Crippen LogP contribution >= 0.6 is 24.6 Å². The van der Waals surface area contributed by atoms with Crippen molar-refractivity contribution in [1.82, 2.24) is 10.6 Å². The molecule has 0 fully saturated rings. The third-order valence-corrected chi connectivity index (χ3v) is 4.07. The lowest BCUT2D eigenvalue weighted by molar-refractivity contribution is -0.139. The van der Waals surface area contributed by atoms with E-state index in [1.165, 1.54) is 0 Å². The number of carbonyl (C=O) groups excluding carboxylic acids is 2. The summed E-state index contributed by atoms with van der Waals surface area (Å²) in [5.41, 5.74) is 10.4. The standard InChI is InChI=1S/C10H16N4O7S.C5H11NO2S/c11-5(10(19)20)1-2-7(15)13-6(4-22-14-21)9(18)12-3-8(16)17;1-3(9)2-4(6)5(7)8/h5-6H,1-4,11H2,(H,12,18)(H,13,15)(H,16,17)(H,19,20);3-4,9H,2,6H2,1H3,(H,7,8). The summed E-state index contributed by atoms with van der Waals surface area (Å²) in [6, 6.07) is -3.15. The van der Waals surface area contributed by atoms with Crippen molar-refractivity contribution in [2.75, 3.05) is 12.3 Å². The van der Waals surface area contributed by atoms with Crippen LogP contribution in [0, 0.1) is 4.91 Å². The second kappa shape index (κ2) is 17.3. The van der Waals surface area contributed by atoms with E-state index in [2.05, 4.69) is 27.8 Å². The van der Waals surface area contributed by atoms with Gasteiger partial charge in [0.15, 0.2) is 0 Å². The Morgan fingerprint density at radius 3 is 2.00 bits per heavy atom. The van der Waals surface area contributed by atoms with E-state index in [0.717, 1.165) is 0 Å². The molecule has 31 heavy (non-hydrogen) atoms. The van der Waals surface area contributed by atoms with Crippen LogP contribution < -0.4 is 22.1 Å². The lowest BCUT2D eigenvalue weighted by Crippen LogP contribution is -2.49. The van der Waals surface area contributed by atoms with Gasteiger partial charge in [0.2, 0.25) is 11.8 Å². The molecule has 0 aliphatic rings. The molecule has 0 aliphatic carbocycles. The van der Waals surface area contributed by atoms with Gasteiger partial charge in [-0.3, -0.25) is 24.0 Å². The number of aliphatic carboxylic acids is 3. The van der Waals surface area contributed by atoms with Gasteiger partial charge < -0.3 is 37.4 Å². The van der Waals surface area contributed by atoms with E-state index in [1.807, 2.05) is 6.92 Å². The zero-order valence-electron chi connectivity index (χ0n) is 16.6. The van der Waals surface area contributed by atoms with Crippen molar-refractivity contribution >= 4 is 54.3 Å². The number of carbonyl (C=O) groups is 5. The number of nitrogens with zero attached hydrogens (tertiary/aromatic N) is 1. The van der Waals surface area contributed by atoms with Gasteiger partial charge in [0.05, 0.1) is 0 Å². The topological polar surface area (TPSA) is 252 Å². The predicted molar refractivity (Wildman–Crippen MR) is 114 cm³/mol. The van der Waals surface area contributed by atoms with Crippen LogP contribution in [0.3, 0.4) is 0 Å². The molecular formula is C15H27N5O9S2. The minimum absolute atomic E-state index is 0.0519. The van der Waals surface area contributed by atoms with E-state index in [0.29, 0.717) is 18.4 Å². The van der Waals surface area contributed by atoms with Crippen LogP contribution in [-0.2, 0) is 24.0 Å². The molecule has 0 radical (unpaired) electrons. The van der Waals surface area contributed by atoms with Gasteiger partial charge in [-0.15, -0.1) is 4.91 Å². The Labute approximate surface area is 187 Å². The van der Waals surface area contributed by atoms with Gasteiger partial charge in [-0.2, -0.15) is 12.6 Å². The molecule has 178 valence electrons. The second-order valence-electron chi connectivity index (χ2n) is 6.11. The summed E-state index contributed by atoms with van der Waals surface area (Å²) >= 11 is 4.47. The number of hydrogen-bond donors (Lipinski definition) is 8. The quantitative estimate of drug-likeness (QED) is 0.0785. The number of rotatable bonds is 14. The minimum atomic E-state index is -1.27. The largest absolute Gasteiger partial charge is 0.480 e. The molecule has 4 atom stereocenters. The number of hydrogen-bond acceptors (Lipinski definition) is 11. The minimum Gasteiger partial charge on any atom is -0.480 e. The molecule has 0 spiro atoms. The first-order chi connectivity index (χ1) is 14.3. The summed E-state index contributed by atoms with van der Waals surface area (Å²) in [5.74, 6) is -5.13. The first-order valence-corrected chi connectivity index (χ1v) is 10.2. The molecule has 0 rings (SSSR count). The van der Waals surface area contributed by atoms with E-state index in [-0.39, 0.29) is 23.8 Å².